The molecule has 27 heavy (non-hydrogen) atoms. The number of aliphatic imine (C=N–C) groups is 1. The summed E-state index contributed by atoms with van der Waals surface area (Å²) in [6.07, 6.45) is 14.3. The highest BCUT2D eigenvalue weighted by Gasteiger charge is 2.32. The molecule has 1 aliphatic heterocycles. The fourth-order valence-electron chi connectivity index (χ4n) is 3.86. The summed E-state index contributed by atoms with van der Waals surface area (Å²) in [5.74, 6) is 1.28. The quantitative estimate of drug-likeness (QED) is 0.503. The maximum absolute atomic E-state index is 4.77. The zero-order valence-electron chi connectivity index (χ0n) is 18.0. The van der Waals surface area contributed by atoms with Crippen molar-refractivity contribution in [3.05, 3.63) is 59.2 Å². The van der Waals surface area contributed by atoms with Crippen molar-refractivity contribution >= 4 is 5.84 Å². The molecule has 0 radical (unpaired) electrons. The Morgan fingerprint density at radius 3 is 2.52 bits per heavy atom. The Balaban J connectivity index is 0.000000199. The predicted molar refractivity (Wildman–Crippen MR) is 120 cm³/mol. The van der Waals surface area contributed by atoms with Gasteiger partial charge in [0.2, 0.25) is 0 Å². The first-order valence-corrected chi connectivity index (χ1v) is 10.8. The van der Waals surface area contributed by atoms with Crippen molar-refractivity contribution in [2.24, 2.45) is 4.99 Å². The molecule has 2 atom stereocenters. The number of hydrogen-bond acceptors (Lipinski definition) is 2. The van der Waals surface area contributed by atoms with E-state index in [1.54, 1.807) is 0 Å². The highest BCUT2D eigenvalue weighted by molar-refractivity contribution is 5.85. The van der Waals surface area contributed by atoms with Gasteiger partial charge in [0.1, 0.15) is 0 Å². The van der Waals surface area contributed by atoms with Gasteiger partial charge in [-0.1, -0.05) is 87.2 Å². The van der Waals surface area contributed by atoms with Crippen molar-refractivity contribution in [2.45, 2.75) is 85.2 Å². The third-order valence-electron chi connectivity index (χ3n) is 5.26. The number of nitrogens with zero attached hydrogens (tertiary/aromatic N) is 2. The van der Waals surface area contributed by atoms with Crippen LogP contribution in [0.15, 0.2) is 53.1 Å². The third-order valence-corrected chi connectivity index (χ3v) is 5.26. The lowest BCUT2D eigenvalue weighted by molar-refractivity contribution is 0.364. The molecule has 2 nitrogen and oxygen atoms in total. The average molecular weight is 367 g/mol. The summed E-state index contributed by atoms with van der Waals surface area (Å²) in [5.41, 5.74) is 4.23. The van der Waals surface area contributed by atoms with Gasteiger partial charge in [0, 0.05) is 13.0 Å². The normalized spacial score (nSPS) is 20.6. The Morgan fingerprint density at radius 1 is 1.04 bits per heavy atom. The van der Waals surface area contributed by atoms with Crippen LogP contribution in [0.25, 0.3) is 0 Å². The second-order valence-electron chi connectivity index (χ2n) is 7.79. The zero-order valence-corrected chi connectivity index (χ0v) is 18.0. The van der Waals surface area contributed by atoms with Crippen LogP contribution in [-0.2, 0) is 6.42 Å². The molecule has 2 unspecified atom stereocenters. The summed E-state index contributed by atoms with van der Waals surface area (Å²) >= 11 is 0. The molecule has 1 aromatic rings. The van der Waals surface area contributed by atoms with Gasteiger partial charge in [0.05, 0.1) is 17.9 Å². The molecule has 1 heterocycles. The number of benzene rings is 1. The van der Waals surface area contributed by atoms with E-state index in [0.717, 1.165) is 13.0 Å². The number of aryl methyl sites for hydroxylation is 2. The standard InChI is InChI=1S/C13H20N2.C12H18/c1-4-8-15-12-9-10(3)6-7-11(12)14-13(15)5-2;1-3-4-5-8-12-9-6-7-11(2)10-12/h6-7,9,11-12H,4-5,8H2,1-3H3;6-7,9-10H,3-5,8H2,1-2H3. The Labute approximate surface area is 167 Å². The molecule has 2 aliphatic rings. The van der Waals surface area contributed by atoms with Crippen LogP contribution in [0, 0.1) is 6.92 Å². The topological polar surface area (TPSA) is 15.6 Å². The SMILES string of the molecule is CCCCCc1cccc(C)c1.CCCN1C(CC)=NC2C=CC(C)=CC21. The van der Waals surface area contributed by atoms with Crippen molar-refractivity contribution < 1.29 is 0 Å². The van der Waals surface area contributed by atoms with E-state index in [9.17, 15) is 0 Å². The molecule has 1 aromatic carbocycles. The van der Waals surface area contributed by atoms with E-state index in [1.165, 1.54) is 54.6 Å². The molecule has 0 saturated heterocycles. The molecule has 0 amide bonds. The lowest BCUT2D eigenvalue weighted by Crippen LogP contribution is -2.39. The van der Waals surface area contributed by atoms with Gasteiger partial charge in [-0.25, -0.2) is 0 Å². The Bertz CT molecular complexity index is 669. The number of allylic oxidation sites excluding steroid dienone is 2. The van der Waals surface area contributed by atoms with Crippen LogP contribution >= 0.6 is 0 Å². The minimum Gasteiger partial charge on any atom is -0.351 e. The molecule has 2 heteroatoms. The molecule has 0 spiro atoms. The molecular weight excluding hydrogens is 328 g/mol. The van der Waals surface area contributed by atoms with Gasteiger partial charge in [-0.3, -0.25) is 4.99 Å². The largest absolute Gasteiger partial charge is 0.351 e. The van der Waals surface area contributed by atoms with Crippen LogP contribution in [0.4, 0.5) is 0 Å². The lowest BCUT2D eigenvalue weighted by atomic mass is 9.99. The van der Waals surface area contributed by atoms with E-state index >= 15 is 0 Å². The van der Waals surface area contributed by atoms with Gasteiger partial charge in [0.25, 0.3) is 0 Å². The first-order valence-electron chi connectivity index (χ1n) is 10.8. The van der Waals surface area contributed by atoms with Crippen molar-refractivity contribution in [1.82, 2.24) is 4.90 Å². The Hall–Kier alpha value is -1.83. The molecule has 0 bridgehead atoms. The summed E-state index contributed by atoms with van der Waals surface area (Å²) < 4.78 is 0. The van der Waals surface area contributed by atoms with E-state index in [4.69, 9.17) is 4.99 Å². The first kappa shape index (κ1) is 21.5. The summed E-state index contributed by atoms with van der Waals surface area (Å²) in [4.78, 5) is 7.24. The van der Waals surface area contributed by atoms with Crippen molar-refractivity contribution in [1.29, 1.82) is 0 Å². The van der Waals surface area contributed by atoms with E-state index in [0.29, 0.717) is 12.1 Å². The molecule has 148 valence electrons. The summed E-state index contributed by atoms with van der Waals surface area (Å²) in [5, 5.41) is 0. The van der Waals surface area contributed by atoms with Gasteiger partial charge < -0.3 is 4.90 Å². The van der Waals surface area contributed by atoms with Crippen LogP contribution in [-0.4, -0.2) is 29.4 Å². The fourth-order valence-corrected chi connectivity index (χ4v) is 3.86. The average Bonchev–Trinajstić information content (AvgIpc) is 3.00. The minimum absolute atomic E-state index is 0.371. The second-order valence-corrected chi connectivity index (χ2v) is 7.79. The predicted octanol–water partition coefficient (Wildman–Crippen LogP) is 6.50. The number of amidine groups is 1. The van der Waals surface area contributed by atoms with Crippen LogP contribution in [0.3, 0.4) is 0 Å². The van der Waals surface area contributed by atoms with E-state index in [1.807, 2.05) is 0 Å². The summed E-state index contributed by atoms with van der Waals surface area (Å²) in [6, 6.07) is 9.68. The van der Waals surface area contributed by atoms with Gasteiger partial charge in [-0.05, 0) is 38.7 Å². The molecular formula is C25H38N2. The Kier molecular flexibility index (Phi) is 8.84. The van der Waals surface area contributed by atoms with E-state index in [2.05, 4.69) is 82.0 Å². The Morgan fingerprint density at radius 2 is 1.85 bits per heavy atom. The third kappa shape index (κ3) is 6.37. The van der Waals surface area contributed by atoms with Crippen molar-refractivity contribution in [3.8, 4) is 0 Å². The molecule has 0 fully saturated rings. The first-order chi connectivity index (χ1) is 13.1. The zero-order chi connectivity index (χ0) is 19.6. The van der Waals surface area contributed by atoms with Crippen LogP contribution < -0.4 is 0 Å². The number of unbranched alkanes of at least 4 members (excludes halogenated alkanes) is 2. The van der Waals surface area contributed by atoms with Gasteiger partial charge in [0.15, 0.2) is 0 Å². The van der Waals surface area contributed by atoms with Gasteiger partial charge in [-0.2, -0.15) is 0 Å². The smallest absolute Gasteiger partial charge is 0.1000 e. The lowest BCUT2D eigenvalue weighted by Gasteiger charge is -2.28. The summed E-state index contributed by atoms with van der Waals surface area (Å²) in [7, 11) is 0. The van der Waals surface area contributed by atoms with Crippen molar-refractivity contribution in [3.63, 3.8) is 0 Å². The van der Waals surface area contributed by atoms with Crippen molar-refractivity contribution in [2.75, 3.05) is 6.54 Å². The van der Waals surface area contributed by atoms with Crippen LogP contribution in [0.5, 0.6) is 0 Å². The minimum atomic E-state index is 0.371. The van der Waals surface area contributed by atoms with Crippen LogP contribution in [0.2, 0.25) is 0 Å². The van der Waals surface area contributed by atoms with Gasteiger partial charge >= 0.3 is 0 Å². The number of rotatable bonds is 7. The molecule has 0 N–H and O–H groups in total. The molecule has 0 saturated carbocycles. The van der Waals surface area contributed by atoms with E-state index < -0.39 is 0 Å². The van der Waals surface area contributed by atoms with Gasteiger partial charge in [-0.15, -0.1) is 0 Å². The fraction of sp³-hybridized carbons (Fsp3) is 0.560. The maximum atomic E-state index is 4.77. The van der Waals surface area contributed by atoms with E-state index in [-0.39, 0.29) is 0 Å². The highest BCUT2D eigenvalue weighted by Crippen LogP contribution is 2.26. The number of fused-ring (bicyclic) bond motifs is 1. The number of hydrogen-bond donors (Lipinski definition) is 0. The summed E-state index contributed by atoms with van der Waals surface area (Å²) in [6.45, 7) is 12.1. The maximum Gasteiger partial charge on any atom is 0.1000 e. The highest BCUT2D eigenvalue weighted by atomic mass is 15.3. The molecule has 3 rings (SSSR count). The monoisotopic (exact) mass is 366 g/mol. The molecule has 1 aliphatic carbocycles. The second kappa shape index (κ2) is 11.1. The van der Waals surface area contributed by atoms with Crippen LogP contribution in [0.1, 0.15) is 70.9 Å². The molecule has 0 aromatic heterocycles.